The van der Waals surface area contributed by atoms with Gasteiger partial charge in [0.1, 0.15) is 5.82 Å². The summed E-state index contributed by atoms with van der Waals surface area (Å²) in [6.07, 6.45) is 0. The number of ether oxygens (including phenoxy) is 1. The minimum Gasteiger partial charge on any atom is -0.452 e. The van der Waals surface area contributed by atoms with E-state index in [1.54, 1.807) is 0 Å². The van der Waals surface area contributed by atoms with Gasteiger partial charge in [0, 0.05) is 16.2 Å². The van der Waals surface area contributed by atoms with Gasteiger partial charge in [-0.2, -0.15) is 0 Å². The van der Waals surface area contributed by atoms with Crippen molar-refractivity contribution in [3.8, 4) is 0 Å². The molecule has 0 radical (unpaired) electrons. The van der Waals surface area contributed by atoms with Crippen molar-refractivity contribution in [1.29, 1.82) is 0 Å². The van der Waals surface area contributed by atoms with Gasteiger partial charge >= 0.3 is 5.97 Å². The smallest absolute Gasteiger partial charge is 0.341 e. The Balaban J connectivity index is 1.78. The van der Waals surface area contributed by atoms with Crippen LogP contribution in [0.5, 0.6) is 0 Å². The molecule has 0 bridgehead atoms. The molecule has 2 rings (SSSR count). The Morgan fingerprint density at radius 2 is 1.63 bits per heavy atom. The summed E-state index contributed by atoms with van der Waals surface area (Å²) in [7, 11) is 0. The van der Waals surface area contributed by atoms with Crippen molar-refractivity contribution in [3.63, 3.8) is 0 Å². The SMILES string of the molecule is O=C(COC(=O)c1cc(Br)ccc1F)NCC(=O)Nc1ccc(F)c(F)c1. The van der Waals surface area contributed by atoms with E-state index < -0.39 is 48.4 Å². The molecular weight excluding hydrogens is 433 g/mol. The highest BCUT2D eigenvalue weighted by Crippen LogP contribution is 2.16. The molecule has 0 heterocycles. The number of carbonyl (C=O) groups is 3. The first-order chi connectivity index (χ1) is 12.8. The Labute approximate surface area is 159 Å². The van der Waals surface area contributed by atoms with Crippen LogP contribution in [-0.4, -0.2) is 30.9 Å². The van der Waals surface area contributed by atoms with Gasteiger partial charge < -0.3 is 15.4 Å². The van der Waals surface area contributed by atoms with Crippen LogP contribution in [-0.2, 0) is 14.3 Å². The molecule has 0 spiro atoms. The van der Waals surface area contributed by atoms with E-state index in [4.69, 9.17) is 0 Å². The molecule has 0 aliphatic carbocycles. The minimum atomic E-state index is -1.14. The van der Waals surface area contributed by atoms with Crippen molar-refractivity contribution in [2.24, 2.45) is 0 Å². The molecule has 0 saturated heterocycles. The molecule has 142 valence electrons. The van der Waals surface area contributed by atoms with Crippen molar-refractivity contribution in [2.45, 2.75) is 0 Å². The molecule has 0 aromatic heterocycles. The fourth-order valence-corrected chi connectivity index (χ4v) is 2.23. The fraction of sp³-hybridized carbons (Fsp3) is 0.118. The maximum absolute atomic E-state index is 13.5. The monoisotopic (exact) mass is 444 g/mol. The third-order valence-corrected chi connectivity index (χ3v) is 3.63. The van der Waals surface area contributed by atoms with E-state index in [1.807, 2.05) is 0 Å². The number of esters is 1. The number of anilines is 1. The maximum Gasteiger partial charge on any atom is 0.341 e. The second-order valence-electron chi connectivity index (χ2n) is 5.15. The summed E-state index contributed by atoms with van der Waals surface area (Å²) in [5, 5.41) is 4.41. The summed E-state index contributed by atoms with van der Waals surface area (Å²) in [5.74, 6) is -5.57. The summed E-state index contributed by atoms with van der Waals surface area (Å²) in [5.41, 5.74) is -0.349. The summed E-state index contributed by atoms with van der Waals surface area (Å²) in [6.45, 7) is -1.23. The predicted octanol–water partition coefficient (Wildman–Crippen LogP) is 2.78. The zero-order chi connectivity index (χ0) is 20.0. The predicted molar refractivity (Wildman–Crippen MR) is 92.4 cm³/mol. The molecule has 0 atom stereocenters. The van der Waals surface area contributed by atoms with E-state index in [0.717, 1.165) is 24.3 Å². The van der Waals surface area contributed by atoms with Crippen molar-refractivity contribution in [2.75, 3.05) is 18.5 Å². The highest BCUT2D eigenvalue weighted by Gasteiger charge is 2.16. The Hall–Kier alpha value is -2.88. The molecule has 0 unspecified atom stereocenters. The molecule has 27 heavy (non-hydrogen) atoms. The van der Waals surface area contributed by atoms with Gasteiger partial charge in [-0.25, -0.2) is 18.0 Å². The summed E-state index contributed by atoms with van der Waals surface area (Å²) >= 11 is 3.08. The fourth-order valence-electron chi connectivity index (χ4n) is 1.87. The van der Waals surface area contributed by atoms with Gasteiger partial charge in [-0.05, 0) is 30.3 Å². The number of nitrogens with one attached hydrogen (secondary N) is 2. The lowest BCUT2D eigenvalue weighted by molar-refractivity contribution is -0.126. The first-order valence-corrected chi connectivity index (χ1v) is 8.19. The zero-order valence-electron chi connectivity index (χ0n) is 13.5. The highest BCUT2D eigenvalue weighted by atomic mass is 79.9. The largest absolute Gasteiger partial charge is 0.452 e. The molecule has 6 nitrogen and oxygen atoms in total. The van der Waals surface area contributed by atoms with E-state index in [1.165, 1.54) is 12.1 Å². The van der Waals surface area contributed by atoms with E-state index in [9.17, 15) is 27.6 Å². The number of amides is 2. The van der Waals surface area contributed by atoms with Crippen molar-refractivity contribution >= 4 is 39.4 Å². The number of hydrogen-bond donors (Lipinski definition) is 2. The van der Waals surface area contributed by atoms with E-state index in [-0.39, 0.29) is 11.3 Å². The van der Waals surface area contributed by atoms with Crippen LogP contribution in [0, 0.1) is 17.5 Å². The molecule has 2 N–H and O–H groups in total. The van der Waals surface area contributed by atoms with Crippen LogP contribution in [0.2, 0.25) is 0 Å². The third-order valence-electron chi connectivity index (χ3n) is 3.13. The average molecular weight is 445 g/mol. The lowest BCUT2D eigenvalue weighted by Crippen LogP contribution is -2.35. The third kappa shape index (κ3) is 6.10. The molecule has 0 fully saturated rings. The first kappa shape index (κ1) is 20.4. The standard InChI is InChI=1S/C17H12BrF3N2O4/c18-9-1-3-12(19)11(5-9)17(26)27-8-16(25)22-7-15(24)23-10-2-4-13(20)14(21)6-10/h1-6H,7-8H2,(H,22,25)(H,23,24). The van der Waals surface area contributed by atoms with Crippen LogP contribution < -0.4 is 10.6 Å². The minimum absolute atomic E-state index is 0.00436. The number of rotatable bonds is 6. The van der Waals surface area contributed by atoms with E-state index in [2.05, 4.69) is 31.3 Å². The molecule has 0 aliphatic rings. The molecule has 2 aromatic rings. The number of halogens is 4. The van der Waals surface area contributed by atoms with Gasteiger partial charge in [-0.15, -0.1) is 0 Å². The molecule has 10 heteroatoms. The second-order valence-corrected chi connectivity index (χ2v) is 6.07. The Bertz CT molecular complexity index is 892. The Kier molecular flexibility index (Phi) is 6.94. The molecule has 2 amide bonds. The van der Waals surface area contributed by atoms with Crippen LogP contribution in [0.4, 0.5) is 18.9 Å². The number of carbonyl (C=O) groups excluding carboxylic acids is 3. The van der Waals surface area contributed by atoms with Crippen molar-refractivity contribution in [1.82, 2.24) is 5.32 Å². The first-order valence-electron chi connectivity index (χ1n) is 7.40. The zero-order valence-corrected chi connectivity index (χ0v) is 15.1. The molecule has 0 aliphatic heterocycles. The summed E-state index contributed by atoms with van der Waals surface area (Å²) in [4.78, 5) is 35.0. The van der Waals surface area contributed by atoms with Crippen LogP contribution in [0.15, 0.2) is 40.9 Å². The summed E-state index contributed by atoms with van der Waals surface area (Å²) in [6, 6.07) is 6.42. The topological polar surface area (TPSA) is 84.5 Å². The molecule has 2 aromatic carbocycles. The van der Waals surface area contributed by atoms with Crippen molar-refractivity contribution < 1.29 is 32.3 Å². The van der Waals surface area contributed by atoms with E-state index >= 15 is 0 Å². The van der Waals surface area contributed by atoms with Gasteiger partial charge in [0.05, 0.1) is 12.1 Å². The Morgan fingerprint density at radius 3 is 2.33 bits per heavy atom. The number of benzene rings is 2. The van der Waals surface area contributed by atoms with Gasteiger partial charge in [0.25, 0.3) is 5.91 Å². The van der Waals surface area contributed by atoms with Crippen molar-refractivity contribution in [3.05, 3.63) is 63.9 Å². The normalized spacial score (nSPS) is 10.2. The van der Waals surface area contributed by atoms with Crippen LogP contribution in [0.25, 0.3) is 0 Å². The average Bonchev–Trinajstić information content (AvgIpc) is 2.63. The van der Waals surface area contributed by atoms with E-state index in [0.29, 0.717) is 4.47 Å². The Morgan fingerprint density at radius 1 is 0.926 bits per heavy atom. The number of hydrogen-bond acceptors (Lipinski definition) is 4. The van der Waals surface area contributed by atoms with Gasteiger partial charge in [0.2, 0.25) is 5.91 Å². The summed E-state index contributed by atoms with van der Waals surface area (Å²) < 4.78 is 44.5. The lowest BCUT2D eigenvalue weighted by Gasteiger charge is -2.08. The quantitative estimate of drug-likeness (QED) is 0.670. The molecular formula is C17H12BrF3N2O4. The second kappa shape index (κ2) is 9.17. The molecule has 0 saturated carbocycles. The van der Waals surface area contributed by atoms with Crippen LogP contribution in [0.3, 0.4) is 0 Å². The lowest BCUT2D eigenvalue weighted by atomic mass is 10.2. The maximum atomic E-state index is 13.5. The van der Waals surface area contributed by atoms with Crippen LogP contribution >= 0.6 is 15.9 Å². The van der Waals surface area contributed by atoms with Crippen LogP contribution in [0.1, 0.15) is 10.4 Å². The van der Waals surface area contributed by atoms with Gasteiger partial charge in [-0.1, -0.05) is 15.9 Å². The van der Waals surface area contributed by atoms with Gasteiger partial charge in [-0.3, -0.25) is 9.59 Å². The highest BCUT2D eigenvalue weighted by molar-refractivity contribution is 9.10. The van der Waals surface area contributed by atoms with Gasteiger partial charge in [0.15, 0.2) is 18.2 Å².